The van der Waals surface area contributed by atoms with Gasteiger partial charge in [-0.15, -0.1) is 11.3 Å². The molecule has 0 radical (unpaired) electrons. The van der Waals surface area contributed by atoms with E-state index in [1.54, 1.807) is 0 Å². The molecule has 2 nitrogen and oxygen atoms in total. The molecule has 0 aliphatic heterocycles. The predicted molar refractivity (Wildman–Crippen MR) is 35.0 cm³/mol. The van der Waals surface area contributed by atoms with Crippen LogP contribution in [-0.2, 0) is 0 Å². The topological polar surface area (TPSA) is 38.9 Å². The van der Waals surface area contributed by atoms with Gasteiger partial charge in [-0.05, 0) is 0 Å². The van der Waals surface area contributed by atoms with Crippen molar-refractivity contribution in [2.45, 2.75) is 12.5 Å². The molecule has 0 fully saturated rings. The normalized spacial score (nSPS) is 14.0. The van der Waals surface area contributed by atoms with Crippen LogP contribution in [0.15, 0.2) is 11.7 Å². The lowest BCUT2D eigenvalue weighted by atomic mass is 10.3. The highest BCUT2D eigenvalue weighted by Crippen LogP contribution is 2.20. The molecule has 10 heavy (non-hydrogen) atoms. The molecule has 1 aromatic rings. The van der Waals surface area contributed by atoms with Crippen LogP contribution in [0, 0.1) is 0 Å². The molecule has 0 saturated carbocycles. The van der Waals surface area contributed by atoms with E-state index in [4.69, 9.17) is 5.73 Å². The number of aromatic nitrogens is 1. The SMILES string of the molecule is NC(c1cncs1)C(F)F. The number of hydrogen-bond donors (Lipinski definition) is 1. The summed E-state index contributed by atoms with van der Waals surface area (Å²) >= 11 is 1.14. The van der Waals surface area contributed by atoms with Crippen LogP contribution in [0.5, 0.6) is 0 Å². The van der Waals surface area contributed by atoms with E-state index in [1.165, 1.54) is 11.7 Å². The first kappa shape index (κ1) is 7.56. The van der Waals surface area contributed by atoms with E-state index < -0.39 is 12.5 Å². The van der Waals surface area contributed by atoms with Crippen molar-refractivity contribution >= 4 is 11.3 Å². The van der Waals surface area contributed by atoms with Gasteiger partial charge in [0, 0.05) is 11.1 Å². The van der Waals surface area contributed by atoms with E-state index in [0.29, 0.717) is 4.88 Å². The molecule has 56 valence electrons. The minimum atomic E-state index is -2.50. The van der Waals surface area contributed by atoms with Crippen LogP contribution in [0.4, 0.5) is 8.78 Å². The van der Waals surface area contributed by atoms with Crippen LogP contribution in [0.25, 0.3) is 0 Å². The molecule has 0 spiro atoms. The fraction of sp³-hybridized carbons (Fsp3) is 0.400. The Labute approximate surface area is 60.7 Å². The second-order valence-corrected chi connectivity index (χ2v) is 2.68. The molecule has 0 aliphatic carbocycles. The quantitative estimate of drug-likeness (QED) is 0.717. The van der Waals surface area contributed by atoms with Crippen molar-refractivity contribution in [3.63, 3.8) is 0 Å². The van der Waals surface area contributed by atoms with Crippen molar-refractivity contribution < 1.29 is 8.78 Å². The van der Waals surface area contributed by atoms with Gasteiger partial charge in [0.15, 0.2) is 0 Å². The molecule has 0 aliphatic rings. The summed E-state index contributed by atoms with van der Waals surface area (Å²) in [4.78, 5) is 4.06. The van der Waals surface area contributed by atoms with Crippen LogP contribution >= 0.6 is 11.3 Å². The zero-order valence-corrected chi connectivity index (χ0v) is 5.81. The van der Waals surface area contributed by atoms with Gasteiger partial charge in [-0.3, -0.25) is 4.98 Å². The summed E-state index contributed by atoms with van der Waals surface area (Å²) in [5, 5.41) is 0. The Morgan fingerprint density at radius 2 is 2.30 bits per heavy atom. The van der Waals surface area contributed by atoms with Gasteiger partial charge in [-0.25, -0.2) is 8.78 Å². The number of rotatable bonds is 2. The number of nitrogens with two attached hydrogens (primary N) is 1. The standard InChI is InChI=1S/C5H6F2N2S/c6-5(7)4(8)3-1-9-2-10-3/h1-2,4-5H,8H2. The van der Waals surface area contributed by atoms with Crippen LogP contribution in [-0.4, -0.2) is 11.4 Å². The maximum Gasteiger partial charge on any atom is 0.258 e. The first-order valence-corrected chi connectivity index (χ1v) is 3.52. The largest absolute Gasteiger partial charge is 0.319 e. The minimum absolute atomic E-state index is 0.426. The number of nitrogens with zero attached hydrogens (tertiary/aromatic N) is 1. The van der Waals surface area contributed by atoms with Crippen molar-refractivity contribution in [1.82, 2.24) is 4.98 Å². The summed E-state index contributed by atoms with van der Waals surface area (Å²) in [5.74, 6) is 0. The van der Waals surface area contributed by atoms with Gasteiger partial charge in [0.25, 0.3) is 6.43 Å². The van der Waals surface area contributed by atoms with Gasteiger partial charge in [0.05, 0.1) is 5.51 Å². The van der Waals surface area contributed by atoms with Gasteiger partial charge < -0.3 is 5.73 Å². The Kier molecular flexibility index (Phi) is 2.29. The Bertz CT molecular complexity index is 188. The smallest absolute Gasteiger partial charge is 0.258 e. The third-order valence-corrected chi connectivity index (χ3v) is 1.93. The fourth-order valence-corrected chi connectivity index (χ4v) is 1.14. The molecule has 5 heteroatoms. The molecule has 1 aromatic heterocycles. The highest BCUT2D eigenvalue weighted by Gasteiger charge is 2.18. The van der Waals surface area contributed by atoms with Crippen molar-refractivity contribution in [3.05, 3.63) is 16.6 Å². The lowest BCUT2D eigenvalue weighted by molar-refractivity contribution is 0.117. The average Bonchev–Trinajstić information content (AvgIpc) is 2.36. The van der Waals surface area contributed by atoms with E-state index in [-0.39, 0.29) is 0 Å². The second kappa shape index (κ2) is 3.03. The lowest BCUT2D eigenvalue weighted by Crippen LogP contribution is -2.17. The van der Waals surface area contributed by atoms with E-state index >= 15 is 0 Å². The lowest BCUT2D eigenvalue weighted by Gasteiger charge is -2.05. The molecular formula is C5H6F2N2S. The summed E-state index contributed by atoms with van der Waals surface area (Å²) in [6, 6.07) is -1.17. The van der Waals surface area contributed by atoms with Gasteiger partial charge in [-0.1, -0.05) is 0 Å². The number of alkyl halides is 2. The number of halogens is 2. The van der Waals surface area contributed by atoms with Gasteiger partial charge >= 0.3 is 0 Å². The summed E-state index contributed by atoms with van der Waals surface area (Å²) in [7, 11) is 0. The monoisotopic (exact) mass is 164 g/mol. The first-order valence-electron chi connectivity index (χ1n) is 2.64. The van der Waals surface area contributed by atoms with E-state index in [2.05, 4.69) is 4.98 Å². The second-order valence-electron chi connectivity index (χ2n) is 1.76. The molecule has 0 amide bonds. The third kappa shape index (κ3) is 1.48. The summed E-state index contributed by atoms with van der Waals surface area (Å²) < 4.78 is 23.7. The summed E-state index contributed by atoms with van der Waals surface area (Å²) in [6.45, 7) is 0. The molecular weight excluding hydrogens is 158 g/mol. The molecule has 1 unspecified atom stereocenters. The first-order chi connectivity index (χ1) is 4.72. The Morgan fingerprint density at radius 1 is 1.60 bits per heavy atom. The van der Waals surface area contributed by atoms with E-state index in [0.717, 1.165) is 11.3 Å². The molecule has 0 bridgehead atoms. The Balaban J connectivity index is 2.68. The molecule has 2 N–H and O–H groups in total. The van der Waals surface area contributed by atoms with Crippen molar-refractivity contribution in [2.24, 2.45) is 5.73 Å². The summed E-state index contributed by atoms with van der Waals surface area (Å²) in [5.41, 5.74) is 6.59. The van der Waals surface area contributed by atoms with Crippen molar-refractivity contribution in [1.29, 1.82) is 0 Å². The highest BCUT2D eigenvalue weighted by atomic mass is 32.1. The number of hydrogen-bond acceptors (Lipinski definition) is 3. The minimum Gasteiger partial charge on any atom is -0.319 e. The fourth-order valence-electron chi connectivity index (χ4n) is 0.514. The third-order valence-electron chi connectivity index (χ3n) is 1.05. The van der Waals surface area contributed by atoms with Crippen LogP contribution in [0.1, 0.15) is 10.9 Å². The average molecular weight is 164 g/mol. The molecule has 1 atom stereocenters. The van der Waals surface area contributed by atoms with Gasteiger partial charge in [0.2, 0.25) is 0 Å². The molecule has 0 aromatic carbocycles. The number of thiazole rings is 1. The van der Waals surface area contributed by atoms with E-state index in [1.807, 2.05) is 0 Å². The Morgan fingerprint density at radius 3 is 2.70 bits per heavy atom. The van der Waals surface area contributed by atoms with Crippen LogP contribution < -0.4 is 5.73 Å². The van der Waals surface area contributed by atoms with Gasteiger partial charge in [0.1, 0.15) is 6.04 Å². The predicted octanol–water partition coefficient (Wildman–Crippen LogP) is 1.41. The molecule has 1 rings (SSSR count). The van der Waals surface area contributed by atoms with Gasteiger partial charge in [-0.2, -0.15) is 0 Å². The molecule has 0 saturated heterocycles. The summed E-state index contributed by atoms with van der Waals surface area (Å²) in [6.07, 6.45) is -1.14. The van der Waals surface area contributed by atoms with Crippen LogP contribution in [0.2, 0.25) is 0 Å². The maximum atomic E-state index is 11.8. The van der Waals surface area contributed by atoms with Crippen molar-refractivity contribution in [2.75, 3.05) is 0 Å². The zero-order chi connectivity index (χ0) is 7.56. The van der Waals surface area contributed by atoms with Crippen LogP contribution in [0.3, 0.4) is 0 Å². The molecule has 1 heterocycles. The highest BCUT2D eigenvalue weighted by molar-refractivity contribution is 7.09. The maximum absolute atomic E-state index is 11.8. The Hall–Kier alpha value is -0.550. The zero-order valence-electron chi connectivity index (χ0n) is 5.00. The van der Waals surface area contributed by atoms with E-state index in [9.17, 15) is 8.78 Å². The van der Waals surface area contributed by atoms with Crippen molar-refractivity contribution in [3.8, 4) is 0 Å².